The minimum atomic E-state index is -3.99. The summed E-state index contributed by atoms with van der Waals surface area (Å²) in [6, 6.07) is 5.92. The predicted octanol–water partition coefficient (Wildman–Crippen LogP) is 3.05. The SMILES string of the molecule is Cc1cccc(Cl)c1NS(=O)(=O)c1cc(C(=O)O)oc1C. The first-order valence-corrected chi connectivity index (χ1v) is 7.70. The van der Waals surface area contributed by atoms with Crippen LogP contribution in [-0.4, -0.2) is 19.5 Å². The summed E-state index contributed by atoms with van der Waals surface area (Å²) < 4.78 is 31.9. The van der Waals surface area contributed by atoms with E-state index in [0.717, 1.165) is 6.07 Å². The number of para-hydroxylation sites is 1. The van der Waals surface area contributed by atoms with Crippen LogP contribution in [0.3, 0.4) is 0 Å². The molecular weight excluding hydrogens is 318 g/mol. The van der Waals surface area contributed by atoms with Gasteiger partial charge in [-0.05, 0) is 25.5 Å². The van der Waals surface area contributed by atoms with Gasteiger partial charge in [0.25, 0.3) is 10.0 Å². The van der Waals surface area contributed by atoms with Crippen molar-refractivity contribution < 1.29 is 22.7 Å². The Hall–Kier alpha value is -1.99. The largest absolute Gasteiger partial charge is 0.475 e. The molecule has 0 saturated heterocycles. The Labute approximate surface area is 126 Å². The Bertz CT molecular complexity index is 790. The van der Waals surface area contributed by atoms with Gasteiger partial charge in [-0.15, -0.1) is 0 Å². The van der Waals surface area contributed by atoms with Gasteiger partial charge in [-0.25, -0.2) is 13.2 Å². The van der Waals surface area contributed by atoms with Crippen LogP contribution in [0.5, 0.6) is 0 Å². The molecule has 0 bridgehead atoms. The Morgan fingerprint density at radius 1 is 1.33 bits per heavy atom. The highest BCUT2D eigenvalue weighted by molar-refractivity contribution is 7.92. The number of hydrogen-bond acceptors (Lipinski definition) is 4. The summed E-state index contributed by atoms with van der Waals surface area (Å²) in [4.78, 5) is 10.6. The van der Waals surface area contributed by atoms with Gasteiger partial charge >= 0.3 is 5.97 Å². The molecule has 2 rings (SSSR count). The number of rotatable bonds is 4. The monoisotopic (exact) mass is 329 g/mol. The van der Waals surface area contributed by atoms with Crippen LogP contribution in [0.1, 0.15) is 21.9 Å². The van der Waals surface area contributed by atoms with Crippen LogP contribution in [0, 0.1) is 13.8 Å². The lowest BCUT2D eigenvalue weighted by molar-refractivity contribution is 0.0661. The van der Waals surface area contributed by atoms with Gasteiger partial charge < -0.3 is 9.52 Å². The second kappa shape index (κ2) is 5.42. The smallest absolute Gasteiger partial charge is 0.371 e. The number of aryl methyl sites for hydroxylation is 2. The number of nitrogens with one attached hydrogen (secondary N) is 1. The molecule has 2 N–H and O–H groups in total. The third kappa shape index (κ3) is 3.03. The van der Waals surface area contributed by atoms with Crippen molar-refractivity contribution in [3.8, 4) is 0 Å². The van der Waals surface area contributed by atoms with Gasteiger partial charge in [-0.2, -0.15) is 0 Å². The number of sulfonamides is 1. The molecule has 0 spiro atoms. The average Bonchev–Trinajstić information content (AvgIpc) is 2.77. The lowest BCUT2D eigenvalue weighted by Crippen LogP contribution is -2.14. The Kier molecular flexibility index (Phi) is 3.97. The van der Waals surface area contributed by atoms with Crippen molar-refractivity contribution in [2.45, 2.75) is 18.7 Å². The molecule has 8 heteroatoms. The molecule has 0 atom stereocenters. The van der Waals surface area contributed by atoms with E-state index in [1.807, 2.05) is 0 Å². The molecule has 112 valence electrons. The van der Waals surface area contributed by atoms with Crippen LogP contribution < -0.4 is 4.72 Å². The topological polar surface area (TPSA) is 96.6 Å². The number of furan rings is 1. The second-order valence-electron chi connectivity index (χ2n) is 4.37. The Morgan fingerprint density at radius 2 is 2.00 bits per heavy atom. The van der Waals surface area contributed by atoms with Gasteiger partial charge in [-0.1, -0.05) is 23.7 Å². The zero-order valence-electron chi connectivity index (χ0n) is 11.2. The molecule has 1 aromatic carbocycles. The Morgan fingerprint density at radius 3 is 2.52 bits per heavy atom. The Balaban J connectivity index is 2.46. The maximum atomic E-state index is 12.3. The molecule has 21 heavy (non-hydrogen) atoms. The summed E-state index contributed by atoms with van der Waals surface area (Å²) in [6.45, 7) is 3.08. The number of hydrogen-bond donors (Lipinski definition) is 2. The molecule has 0 radical (unpaired) electrons. The normalized spacial score (nSPS) is 11.4. The third-order valence-corrected chi connectivity index (χ3v) is 4.60. The van der Waals surface area contributed by atoms with Crippen molar-refractivity contribution in [2.24, 2.45) is 0 Å². The van der Waals surface area contributed by atoms with E-state index >= 15 is 0 Å². The summed E-state index contributed by atoms with van der Waals surface area (Å²) in [5, 5.41) is 9.08. The second-order valence-corrected chi connectivity index (χ2v) is 6.43. The van der Waals surface area contributed by atoms with E-state index < -0.39 is 21.8 Å². The van der Waals surface area contributed by atoms with Crippen LogP contribution >= 0.6 is 11.6 Å². The van der Waals surface area contributed by atoms with E-state index in [9.17, 15) is 13.2 Å². The highest BCUT2D eigenvalue weighted by Crippen LogP contribution is 2.29. The van der Waals surface area contributed by atoms with Gasteiger partial charge in [0, 0.05) is 6.07 Å². The first-order chi connectivity index (χ1) is 9.72. The van der Waals surface area contributed by atoms with E-state index in [2.05, 4.69) is 4.72 Å². The summed E-state index contributed by atoms with van der Waals surface area (Å²) in [5.41, 5.74) is 0.891. The number of halogens is 1. The lowest BCUT2D eigenvalue weighted by atomic mass is 10.2. The number of anilines is 1. The van der Waals surface area contributed by atoms with E-state index in [1.54, 1.807) is 25.1 Å². The maximum Gasteiger partial charge on any atom is 0.371 e. The minimum Gasteiger partial charge on any atom is -0.475 e. The van der Waals surface area contributed by atoms with Gasteiger partial charge in [0.05, 0.1) is 10.7 Å². The molecule has 0 aliphatic heterocycles. The highest BCUT2D eigenvalue weighted by Gasteiger charge is 2.25. The van der Waals surface area contributed by atoms with Crippen LogP contribution in [0.25, 0.3) is 0 Å². The molecule has 0 aliphatic rings. The van der Waals surface area contributed by atoms with Gasteiger partial charge in [-0.3, -0.25) is 4.72 Å². The molecule has 0 fully saturated rings. The van der Waals surface area contributed by atoms with Crippen molar-refractivity contribution in [1.29, 1.82) is 0 Å². The van der Waals surface area contributed by atoms with Gasteiger partial charge in [0.15, 0.2) is 0 Å². The predicted molar refractivity (Wildman–Crippen MR) is 77.4 cm³/mol. The summed E-state index contributed by atoms with van der Waals surface area (Å²) in [5.74, 6) is -1.79. The van der Waals surface area contributed by atoms with Crippen LogP contribution in [0.15, 0.2) is 33.6 Å². The maximum absolute atomic E-state index is 12.3. The highest BCUT2D eigenvalue weighted by atomic mass is 35.5. The molecular formula is C13H12ClNO5S. The fourth-order valence-electron chi connectivity index (χ4n) is 1.79. The van der Waals surface area contributed by atoms with Gasteiger partial charge in [0.2, 0.25) is 5.76 Å². The molecule has 0 unspecified atom stereocenters. The first kappa shape index (κ1) is 15.4. The summed E-state index contributed by atoms with van der Waals surface area (Å²) in [7, 11) is -3.99. The van der Waals surface area contributed by atoms with Crippen molar-refractivity contribution in [1.82, 2.24) is 0 Å². The standard InChI is InChI=1S/C13H12ClNO5S/c1-7-4-3-5-9(14)12(7)15-21(18,19)11-6-10(13(16)17)20-8(11)2/h3-6,15H,1-2H3,(H,16,17). The van der Waals surface area contributed by atoms with E-state index in [0.29, 0.717) is 5.56 Å². The first-order valence-electron chi connectivity index (χ1n) is 5.84. The lowest BCUT2D eigenvalue weighted by Gasteiger charge is -2.11. The molecule has 1 heterocycles. The average molecular weight is 330 g/mol. The van der Waals surface area contributed by atoms with E-state index in [-0.39, 0.29) is 21.4 Å². The third-order valence-electron chi connectivity index (χ3n) is 2.83. The summed E-state index contributed by atoms with van der Waals surface area (Å²) >= 11 is 5.97. The zero-order valence-corrected chi connectivity index (χ0v) is 12.7. The molecule has 0 amide bonds. The van der Waals surface area contributed by atoms with Crippen molar-refractivity contribution in [3.63, 3.8) is 0 Å². The molecule has 0 saturated carbocycles. The van der Waals surface area contributed by atoms with Crippen LogP contribution in [0.2, 0.25) is 5.02 Å². The van der Waals surface area contributed by atoms with E-state index in [1.165, 1.54) is 6.92 Å². The van der Waals surface area contributed by atoms with Crippen molar-refractivity contribution >= 4 is 33.3 Å². The van der Waals surface area contributed by atoms with E-state index in [4.69, 9.17) is 21.1 Å². The molecule has 2 aromatic rings. The zero-order chi connectivity index (χ0) is 15.8. The minimum absolute atomic E-state index is 0.00962. The molecule has 0 aliphatic carbocycles. The van der Waals surface area contributed by atoms with Crippen molar-refractivity contribution in [2.75, 3.05) is 4.72 Å². The quantitative estimate of drug-likeness (QED) is 0.898. The number of carboxylic acids is 1. The number of carboxylic acid groups (broad SMARTS) is 1. The number of aromatic carboxylic acids is 1. The molecule has 1 aromatic heterocycles. The number of carbonyl (C=O) groups is 1. The van der Waals surface area contributed by atoms with Crippen LogP contribution in [0.4, 0.5) is 5.69 Å². The fourth-order valence-corrected chi connectivity index (χ4v) is 3.45. The fraction of sp³-hybridized carbons (Fsp3) is 0.154. The van der Waals surface area contributed by atoms with Crippen molar-refractivity contribution in [3.05, 3.63) is 46.4 Å². The molecule has 6 nitrogen and oxygen atoms in total. The summed E-state index contributed by atoms with van der Waals surface area (Å²) in [6.07, 6.45) is 0. The van der Waals surface area contributed by atoms with Gasteiger partial charge in [0.1, 0.15) is 10.7 Å². The number of benzene rings is 1. The van der Waals surface area contributed by atoms with Crippen LogP contribution in [-0.2, 0) is 10.0 Å².